The van der Waals surface area contributed by atoms with Gasteiger partial charge in [-0.1, -0.05) is 0 Å². The number of hydrogen-bond acceptors (Lipinski definition) is 2. The summed E-state index contributed by atoms with van der Waals surface area (Å²) in [5.74, 6) is 0. The van der Waals surface area contributed by atoms with Crippen molar-refractivity contribution in [3.8, 4) is 0 Å². The molecule has 2 nitrogen and oxygen atoms in total. The zero-order chi connectivity index (χ0) is 6.69. The van der Waals surface area contributed by atoms with E-state index < -0.39 is 0 Å². The SMILES string of the molecule is CC1=C(C)NCCC=N1. The van der Waals surface area contributed by atoms with Crippen molar-refractivity contribution in [2.75, 3.05) is 6.54 Å². The van der Waals surface area contributed by atoms with Crippen molar-refractivity contribution in [1.29, 1.82) is 0 Å². The number of allylic oxidation sites excluding steroid dienone is 2. The minimum absolute atomic E-state index is 1.02. The van der Waals surface area contributed by atoms with E-state index in [2.05, 4.69) is 17.2 Å². The summed E-state index contributed by atoms with van der Waals surface area (Å²) in [6.45, 7) is 5.09. The van der Waals surface area contributed by atoms with Crippen molar-refractivity contribution in [3.05, 3.63) is 11.4 Å². The van der Waals surface area contributed by atoms with Crippen molar-refractivity contribution >= 4 is 6.21 Å². The Morgan fingerprint density at radius 3 is 3.11 bits per heavy atom. The van der Waals surface area contributed by atoms with Crippen molar-refractivity contribution in [1.82, 2.24) is 5.32 Å². The van der Waals surface area contributed by atoms with Crippen LogP contribution in [0.3, 0.4) is 0 Å². The summed E-state index contributed by atoms with van der Waals surface area (Å²) in [6.07, 6.45) is 2.99. The molecule has 0 bridgehead atoms. The molecule has 0 fully saturated rings. The Kier molecular flexibility index (Phi) is 1.88. The van der Waals surface area contributed by atoms with Crippen LogP contribution in [0.1, 0.15) is 20.3 Å². The van der Waals surface area contributed by atoms with Gasteiger partial charge in [-0.25, -0.2) is 0 Å². The van der Waals surface area contributed by atoms with E-state index in [1.54, 1.807) is 0 Å². The molecule has 0 aromatic carbocycles. The van der Waals surface area contributed by atoms with Crippen molar-refractivity contribution in [2.24, 2.45) is 4.99 Å². The second-order valence-electron chi connectivity index (χ2n) is 2.24. The third kappa shape index (κ3) is 1.56. The average Bonchev–Trinajstić information content (AvgIpc) is 1.99. The van der Waals surface area contributed by atoms with Gasteiger partial charge in [-0.2, -0.15) is 0 Å². The molecule has 0 saturated heterocycles. The highest BCUT2D eigenvalue weighted by atomic mass is 14.9. The summed E-state index contributed by atoms with van der Waals surface area (Å²) in [7, 11) is 0. The van der Waals surface area contributed by atoms with Crippen LogP contribution in [-0.2, 0) is 0 Å². The van der Waals surface area contributed by atoms with E-state index in [1.807, 2.05) is 13.1 Å². The van der Waals surface area contributed by atoms with Crippen molar-refractivity contribution < 1.29 is 0 Å². The first kappa shape index (κ1) is 6.33. The zero-order valence-corrected chi connectivity index (χ0v) is 5.94. The summed E-state index contributed by atoms with van der Waals surface area (Å²) >= 11 is 0. The van der Waals surface area contributed by atoms with E-state index in [1.165, 1.54) is 5.70 Å². The number of nitrogens with one attached hydrogen (secondary N) is 1. The maximum absolute atomic E-state index is 4.20. The number of aliphatic imine (C=N–C) groups is 1. The number of rotatable bonds is 0. The van der Waals surface area contributed by atoms with Gasteiger partial charge in [-0.3, -0.25) is 4.99 Å². The lowest BCUT2D eigenvalue weighted by Gasteiger charge is -2.01. The van der Waals surface area contributed by atoms with E-state index in [0.717, 1.165) is 18.7 Å². The van der Waals surface area contributed by atoms with E-state index in [9.17, 15) is 0 Å². The standard InChI is InChI=1S/C7H12N2/c1-6-7(2)9-5-3-4-8-6/h4,9H,3,5H2,1-2H3. The maximum Gasteiger partial charge on any atom is 0.0554 e. The first-order chi connectivity index (χ1) is 4.30. The van der Waals surface area contributed by atoms with Gasteiger partial charge in [0, 0.05) is 24.9 Å². The van der Waals surface area contributed by atoms with Gasteiger partial charge in [-0.05, 0) is 13.8 Å². The lowest BCUT2D eigenvalue weighted by molar-refractivity contribution is 0.821. The maximum atomic E-state index is 4.20. The van der Waals surface area contributed by atoms with Gasteiger partial charge in [-0.15, -0.1) is 0 Å². The number of nitrogens with zero attached hydrogens (tertiary/aromatic N) is 1. The molecule has 0 atom stereocenters. The summed E-state index contributed by atoms with van der Waals surface area (Å²) in [6, 6.07) is 0. The quantitative estimate of drug-likeness (QED) is 0.517. The first-order valence-corrected chi connectivity index (χ1v) is 3.24. The largest absolute Gasteiger partial charge is 0.387 e. The molecular weight excluding hydrogens is 112 g/mol. The highest BCUT2D eigenvalue weighted by Gasteiger charge is 1.95. The van der Waals surface area contributed by atoms with E-state index in [-0.39, 0.29) is 0 Å². The molecule has 2 heteroatoms. The molecule has 1 heterocycles. The van der Waals surface area contributed by atoms with Crippen molar-refractivity contribution in [2.45, 2.75) is 20.3 Å². The Morgan fingerprint density at radius 1 is 1.56 bits per heavy atom. The lowest BCUT2D eigenvalue weighted by Crippen LogP contribution is -2.11. The molecule has 0 radical (unpaired) electrons. The smallest absolute Gasteiger partial charge is 0.0554 e. The normalized spacial score (nSPS) is 19.3. The molecule has 0 aromatic rings. The van der Waals surface area contributed by atoms with Crippen LogP contribution in [-0.4, -0.2) is 12.8 Å². The Labute approximate surface area is 55.7 Å². The van der Waals surface area contributed by atoms with E-state index in [0.29, 0.717) is 0 Å². The second-order valence-corrected chi connectivity index (χ2v) is 2.24. The minimum Gasteiger partial charge on any atom is -0.387 e. The molecular formula is C7H12N2. The fraction of sp³-hybridized carbons (Fsp3) is 0.571. The fourth-order valence-corrected chi connectivity index (χ4v) is 0.750. The van der Waals surface area contributed by atoms with Gasteiger partial charge in [0.15, 0.2) is 0 Å². The lowest BCUT2D eigenvalue weighted by atomic mass is 10.4. The van der Waals surface area contributed by atoms with Gasteiger partial charge in [0.25, 0.3) is 0 Å². The molecule has 1 aliphatic rings. The topological polar surface area (TPSA) is 24.4 Å². The monoisotopic (exact) mass is 124 g/mol. The van der Waals surface area contributed by atoms with Crippen LogP contribution in [0.15, 0.2) is 16.4 Å². The molecule has 0 spiro atoms. The van der Waals surface area contributed by atoms with Crippen LogP contribution in [0.5, 0.6) is 0 Å². The van der Waals surface area contributed by atoms with Gasteiger partial charge in [0.2, 0.25) is 0 Å². The van der Waals surface area contributed by atoms with Crippen molar-refractivity contribution in [3.63, 3.8) is 0 Å². The van der Waals surface area contributed by atoms with Gasteiger partial charge in [0.1, 0.15) is 0 Å². The van der Waals surface area contributed by atoms with Crippen LogP contribution >= 0.6 is 0 Å². The third-order valence-corrected chi connectivity index (χ3v) is 1.49. The highest BCUT2D eigenvalue weighted by molar-refractivity contribution is 5.59. The number of hydrogen-bond donors (Lipinski definition) is 1. The highest BCUT2D eigenvalue weighted by Crippen LogP contribution is 2.02. The zero-order valence-electron chi connectivity index (χ0n) is 5.94. The van der Waals surface area contributed by atoms with Gasteiger partial charge in [0.05, 0.1) is 5.70 Å². The predicted octanol–water partition coefficient (Wildman–Crippen LogP) is 1.30. The third-order valence-electron chi connectivity index (χ3n) is 1.49. The molecule has 1 N–H and O–H groups in total. The molecule has 1 rings (SSSR count). The molecule has 9 heavy (non-hydrogen) atoms. The Balaban J connectivity index is 2.72. The predicted molar refractivity (Wildman–Crippen MR) is 39.5 cm³/mol. The molecule has 0 aliphatic carbocycles. The molecule has 0 unspecified atom stereocenters. The van der Waals surface area contributed by atoms with E-state index in [4.69, 9.17) is 0 Å². The molecule has 0 aromatic heterocycles. The van der Waals surface area contributed by atoms with E-state index >= 15 is 0 Å². The Bertz CT molecular complexity index is 156. The average molecular weight is 124 g/mol. The van der Waals surface area contributed by atoms with Gasteiger partial charge < -0.3 is 5.32 Å². The van der Waals surface area contributed by atoms with Crippen LogP contribution < -0.4 is 5.32 Å². The minimum atomic E-state index is 1.02. The summed E-state index contributed by atoms with van der Waals surface area (Å²) < 4.78 is 0. The molecule has 1 aliphatic heterocycles. The second kappa shape index (κ2) is 2.67. The summed E-state index contributed by atoms with van der Waals surface area (Å²) in [4.78, 5) is 4.20. The molecule has 0 amide bonds. The van der Waals surface area contributed by atoms with Gasteiger partial charge >= 0.3 is 0 Å². The molecule has 0 saturated carbocycles. The summed E-state index contributed by atoms with van der Waals surface area (Å²) in [5.41, 5.74) is 2.30. The van der Waals surface area contributed by atoms with Crippen LogP contribution in [0.25, 0.3) is 0 Å². The van der Waals surface area contributed by atoms with Crippen LogP contribution in [0, 0.1) is 0 Å². The first-order valence-electron chi connectivity index (χ1n) is 3.24. The Hall–Kier alpha value is -0.790. The van der Waals surface area contributed by atoms with Crippen LogP contribution in [0.2, 0.25) is 0 Å². The summed E-state index contributed by atoms with van der Waals surface area (Å²) in [5, 5.41) is 3.25. The molecule has 50 valence electrons. The Morgan fingerprint density at radius 2 is 2.33 bits per heavy atom. The van der Waals surface area contributed by atoms with Crippen LogP contribution in [0.4, 0.5) is 0 Å². The fourth-order valence-electron chi connectivity index (χ4n) is 0.750.